The predicted octanol–water partition coefficient (Wildman–Crippen LogP) is 1.16. The molecule has 0 bridgehead atoms. The summed E-state index contributed by atoms with van der Waals surface area (Å²) in [6.07, 6.45) is 13.4. The molecule has 0 aromatic carbocycles. The van der Waals surface area contributed by atoms with E-state index in [1.807, 2.05) is 0 Å². The van der Waals surface area contributed by atoms with Crippen LogP contribution in [0.1, 0.15) is 71.6 Å². The SMILES string of the molecule is C#CC[C@H](NC(=O)CCS(=O)(=O)CC(C)C)C(=O)NC(CC1CCCCC1)[C@@H](O)[C@@H](O)CC#C. The number of hydrogen-bond acceptors (Lipinski definition) is 6. The number of sulfone groups is 1. The summed E-state index contributed by atoms with van der Waals surface area (Å²) in [5.74, 6) is 3.37. The standard InChI is InChI=1S/C25H40N2O6S/c1-5-10-20(26-23(29)14-15-34(32,33)17-18(3)4)25(31)27-21(24(30)22(28)11-6-2)16-19-12-8-7-9-13-19/h1-2,18-22,24,28,30H,7-17H2,3-4H3,(H,26,29)(H,27,31)/t20-,21?,22-,24+/m0/s1. The molecule has 8 nitrogen and oxygen atoms in total. The second-order valence-corrected chi connectivity index (χ2v) is 11.8. The van der Waals surface area contributed by atoms with Crippen LogP contribution < -0.4 is 10.6 Å². The van der Waals surface area contributed by atoms with Gasteiger partial charge in [0.05, 0.1) is 23.7 Å². The Labute approximate surface area is 204 Å². The van der Waals surface area contributed by atoms with Crippen molar-refractivity contribution in [3.63, 3.8) is 0 Å². The Hall–Kier alpha value is -2.07. The highest BCUT2D eigenvalue weighted by Gasteiger charge is 2.32. The Kier molecular flexibility index (Phi) is 13.2. The first-order valence-electron chi connectivity index (χ1n) is 12.0. The lowest BCUT2D eigenvalue weighted by atomic mass is 9.82. The molecule has 0 aliphatic heterocycles. The molecule has 192 valence electrons. The molecule has 0 spiro atoms. The molecule has 1 aliphatic rings. The lowest BCUT2D eigenvalue weighted by Gasteiger charge is -2.32. The molecule has 0 radical (unpaired) electrons. The summed E-state index contributed by atoms with van der Waals surface area (Å²) < 4.78 is 24.1. The Morgan fingerprint density at radius 2 is 1.65 bits per heavy atom. The summed E-state index contributed by atoms with van der Waals surface area (Å²) in [6, 6.07) is -1.85. The molecular formula is C25H40N2O6S. The molecule has 1 fully saturated rings. The first-order chi connectivity index (χ1) is 16.0. The molecular weight excluding hydrogens is 456 g/mol. The van der Waals surface area contributed by atoms with E-state index in [1.165, 1.54) is 0 Å². The molecule has 4 N–H and O–H groups in total. The van der Waals surface area contributed by atoms with Gasteiger partial charge in [-0.05, 0) is 18.3 Å². The van der Waals surface area contributed by atoms with Crippen LogP contribution in [0.4, 0.5) is 0 Å². The number of carbonyl (C=O) groups excluding carboxylic acids is 2. The molecule has 1 unspecified atom stereocenters. The van der Waals surface area contributed by atoms with Gasteiger partial charge in [0.1, 0.15) is 12.1 Å². The summed E-state index contributed by atoms with van der Waals surface area (Å²) in [5.41, 5.74) is 0. The number of aliphatic hydroxyl groups excluding tert-OH is 2. The third kappa shape index (κ3) is 11.4. The largest absolute Gasteiger partial charge is 0.389 e. The van der Waals surface area contributed by atoms with Crippen LogP contribution >= 0.6 is 0 Å². The van der Waals surface area contributed by atoms with Gasteiger partial charge in [-0.3, -0.25) is 9.59 Å². The van der Waals surface area contributed by atoms with E-state index in [4.69, 9.17) is 12.8 Å². The van der Waals surface area contributed by atoms with E-state index in [-0.39, 0.29) is 36.7 Å². The fraction of sp³-hybridized carbons (Fsp3) is 0.760. The van der Waals surface area contributed by atoms with Gasteiger partial charge in [0.15, 0.2) is 9.84 Å². The van der Waals surface area contributed by atoms with Gasteiger partial charge in [0, 0.05) is 19.3 Å². The van der Waals surface area contributed by atoms with Gasteiger partial charge in [-0.1, -0.05) is 46.0 Å². The van der Waals surface area contributed by atoms with E-state index < -0.39 is 45.9 Å². The van der Waals surface area contributed by atoms with Crippen LogP contribution in [0.25, 0.3) is 0 Å². The van der Waals surface area contributed by atoms with Gasteiger partial charge < -0.3 is 20.8 Å². The lowest BCUT2D eigenvalue weighted by molar-refractivity contribution is -0.130. The predicted molar refractivity (Wildman–Crippen MR) is 132 cm³/mol. The van der Waals surface area contributed by atoms with Crippen molar-refractivity contribution >= 4 is 21.7 Å². The molecule has 0 heterocycles. The highest BCUT2D eigenvalue weighted by molar-refractivity contribution is 7.91. The van der Waals surface area contributed by atoms with E-state index in [2.05, 4.69) is 22.5 Å². The maximum Gasteiger partial charge on any atom is 0.243 e. The Bertz CT molecular complexity index is 836. The molecule has 0 aromatic rings. The maximum atomic E-state index is 13.0. The molecule has 4 atom stereocenters. The molecule has 1 rings (SSSR count). The van der Waals surface area contributed by atoms with Gasteiger partial charge in [-0.2, -0.15) is 0 Å². The number of nitrogens with one attached hydrogen (secondary N) is 2. The van der Waals surface area contributed by atoms with Crippen molar-refractivity contribution in [3.05, 3.63) is 0 Å². The molecule has 0 aromatic heterocycles. The zero-order valence-corrected chi connectivity index (χ0v) is 21.1. The van der Waals surface area contributed by atoms with Crippen LogP contribution in [-0.4, -0.2) is 66.2 Å². The van der Waals surface area contributed by atoms with E-state index in [0.29, 0.717) is 12.3 Å². The van der Waals surface area contributed by atoms with Gasteiger partial charge in [0.2, 0.25) is 11.8 Å². The van der Waals surface area contributed by atoms with Crippen molar-refractivity contribution in [2.24, 2.45) is 11.8 Å². The van der Waals surface area contributed by atoms with Crippen molar-refractivity contribution in [3.8, 4) is 24.7 Å². The monoisotopic (exact) mass is 496 g/mol. The number of aliphatic hydroxyl groups is 2. The van der Waals surface area contributed by atoms with Gasteiger partial charge >= 0.3 is 0 Å². The third-order valence-electron chi connectivity index (χ3n) is 5.97. The van der Waals surface area contributed by atoms with Crippen LogP contribution in [0.2, 0.25) is 0 Å². The normalized spacial score (nSPS) is 18.2. The number of amides is 2. The minimum atomic E-state index is -3.38. The first-order valence-corrected chi connectivity index (χ1v) is 13.8. The maximum absolute atomic E-state index is 13.0. The third-order valence-corrected chi connectivity index (χ3v) is 7.97. The summed E-state index contributed by atoms with van der Waals surface area (Å²) in [4.78, 5) is 25.3. The number of terminal acetylenes is 2. The molecule has 2 amide bonds. The fourth-order valence-corrected chi connectivity index (χ4v) is 5.97. The summed E-state index contributed by atoms with van der Waals surface area (Å²) >= 11 is 0. The zero-order chi connectivity index (χ0) is 25.7. The minimum Gasteiger partial charge on any atom is -0.389 e. The second-order valence-electron chi connectivity index (χ2n) is 9.61. The molecule has 1 aliphatic carbocycles. The Morgan fingerprint density at radius 1 is 1.03 bits per heavy atom. The highest BCUT2D eigenvalue weighted by Crippen LogP contribution is 2.28. The molecule has 1 saturated carbocycles. The van der Waals surface area contributed by atoms with Crippen LogP contribution in [-0.2, 0) is 19.4 Å². The first kappa shape index (κ1) is 30.0. The quantitative estimate of drug-likeness (QED) is 0.267. The van der Waals surface area contributed by atoms with Crippen LogP contribution in [0.5, 0.6) is 0 Å². The van der Waals surface area contributed by atoms with Gasteiger partial charge in [-0.25, -0.2) is 8.42 Å². The lowest BCUT2D eigenvalue weighted by Crippen LogP contribution is -2.55. The van der Waals surface area contributed by atoms with Gasteiger partial charge in [0.25, 0.3) is 0 Å². The van der Waals surface area contributed by atoms with Crippen molar-refractivity contribution in [1.29, 1.82) is 0 Å². The number of carbonyl (C=O) groups is 2. The van der Waals surface area contributed by atoms with Crippen molar-refractivity contribution in [2.75, 3.05) is 11.5 Å². The second kappa shape index (κ2) is 15.0. The van der Waals surface area contributed by atoms with E-state index in [9.17, 15) is 28.2 Å². The summed E-state index contributed by atoms with van der Waals surface area (Å²) in [7, 11) is -3.38. The van der Waals surface area contributed by atoms with Crippen molar-refractivity contribution < 1.29 is 28.2 Å². The Morgan fingerprint density at radius 3 is 2.21 bits per heavy atom. The molecule has 9 heteroatoms. The minimum absolute atomic E-state index is 0.0186. The van der Waals surface area contributed by atoms with Gasteiger partial charge in [-0.15, -0.1) is 24.7 Å². The van der Waals surface area contributed by atoms with E-state index >= 15 is 0 Å². The number of rotatable bonds is 14. The summed E-state index contributed by atoms with van der Waals surface area (Å²) in [6.45, 7) is 3.56. The molecule has 34 heavy (non-hydrogen) atoms. The van der Waals surface area contributed by atoms with E-state index in [0.717, 1.165) is 32.1 Å². The van der Waals surface area contributed by atoms with Crippen LogP contribution in [0, 0.1) is 36.5 Å². The van der Waals surface area contributed by atoms with Crippen LogP contribution in [0.15, 0.2) is 0 Å². The molecule has 0 saturated heterocycles. The smallest absolute Gasteiger partial charge is 0.243 e. The Balaban J connectivity index is 2.84. The highest BCUT2D eigenvalue weighted by atomic mass is 32.2. The number of hydrogen-bond donors (Lipinski definition) is 4. The fourth-order valence-electron chi connectivity index (χ4n) is 4.29. The van der Waals surface area contributed by atoms with Crippen LogP contribution in [0.3, 0.4) is 0 Å². The van der Waals surface area contributed by atoms with Crippen molar-refractivity contribution in [2.45, 2.75) is 95.9 Å². The topological polar surface area (TPSA) is 133 Å². The zero-order valence-electron chi connectivity index (χ0n) is 20.3. The average Bonchev–Trinajstić information content (AvgIpc) is 2.76. The average molecular weight is 497 g/mol. The van der Waals surface area contributed by atoms with Crippen molar-refractivity contribution in [1.82, 2.24) is 10.6 Å². The summed E-state index contributed by atoms with van der Waals surface area (Å²) in [5, 5.41) is 26.2. The van der Waals surface area contributed by atoms with E-state index in [1.54, 1.807) is 13.8 Å².